The molecule has 0 saturated carbocycles. The molecule has 5 nitrogen and oxygen atoms in total. The second-order valence-electron chi connectivity index (χ2n) is 6.57. The van der Waals surface area contributed by atoms with Crippen molar-refractivity contribution in [2.24, 2.45) is 10.9 Å². The van der Waals surface area contributed by atoms with Crippen LogP contribution < -0.4 is 4.90 Å². The number of hydrogen-bond donors (Lipinski definition) is 0. The monoisotopic (exact) mass is 406 g/mol. The van der Waals surface area contributed by atoms with Crippen molar-refractivity contribution in [3.63, 3.8) is 0 Å². The second kappa shape index (κ2) is 6.56. The van der Waals surface area contributed by atoms with Crippen LogP contribution in [-0.2, 0) is 20.8 Å². The molecule has 2 atom stereocenters. The maximum Gasteiger partial charge on any atom is 0.418 e. The van der Waals surface area contributed by atoms with E-state index in [0.717, 1.165) is 17.8 Å². The summed E-state index contributed by atoms with van der Waals surface area (Å²) < 4.78 is 64.3. The molecule has 0 bridgehead atoms. The van der Waals surface area contributed by atoms with Gasteiger partial charge >= 0.3 is 6.18 Å². The zero-order chi connectivity index (χ0) is 19.3. The highest BCUT2D eigenvalue weighted by atomic mass is 32.2. The first-order valence-electron chi connectivity index (χ1n) is 7.94. The highest BCUT2D eigenvalue weighted by Gasteiger charge is 2.51. The third kappa shape index (κ3) is 3.62. The van der Waals surface area contributed by atoms with Crippen molar-refractivity contribution in [2.75, 3.05) is 16.4 Å². The van der Waals surface area contributed by atoms with E-state index in [1.54, 1.807) is 13.8 Å². The molecule has 2 fully saturated rings. The summed E-state index contributed by atoms with van der Waals surface area (Å²) in [7, 11) is -3.35. The third-order valence-electron chi connectivity index (χ3n) is 4.24. The Labute approximate surface area is 153 Å². The Hall–Kier alpha value is -1.55. The molecule has 2 aliphatic rings. The lowest BCUT2D eigenvalue weighted by molar-refractivity contribution is -0.137. The zero-order valence-corrected chi connectivity index (χ0v) is 15.7. The number of alkyl halides is 3. The minimum absolute atomic E-state index is 0.130. The maximum atomic E-state index is 13.5. The van der Waals surface area contributed by atoms with Gasteiger partial charge in [-0.25, -0.2) is 8.42 Å². The number of benzene rings is 1. The molecule has 0 N–H and O–H groups in total. The molecular weight excluding hydrogens is 389 g/mol. The van der Waals surface area contributed by atoms with Gasteiger partial charge in [-0.1, -0.05) is 37.7 Å². The van der Waals surface area contributed by atoms with Gasteiger partial charge in [0.25, 0.3) is 5.91 Å². The fraction of sp³-hybridized carbons (Fsp3) is 0.500. The van der Waals surface area contributed by atoms with Crippen LogP contribution in [0.15, 0.2) is 29.3 Å². The minimum atomic E-state index is -4.61. The molecule has 3 rings (SSSR count). The third-order valence-corrected chi connectivity index (χ3v) is 7.45. The number of anilines is 1. The lowest BCUT2D eigenvalue weighted by atomic mass is 10.1. The number of halogens is 3. The highest BCUT2D eigenvalue weighted by molar-refractivity contribution is 8.16. The summed E-state index contributed by atoms with van der Waals surface area (Å²) in [5.41, 5.74) is -1.05. The van der Waals surface area contributed by atoms with Gasteiger partial charge in [0.2, 0.25) is 0 Å². The van der Waals surface area contributed by atoms with Gasteiger partial charge in [0.1, 0.15) is 0 Å². The molecule has 0 spiro atoms. The van der Waals surface area contributed by atoms with Crippen molar-refractivity contribution in [1.29, 1.82) is 0 Å². The smallest absolute Gasteiger partial charge is 0.315 e. The van der Waals surface area contributed by atoms with Crippen LogP contribution in [0.3, 0.4) is 0 Å². The van der Waals surface area contributed by atoms with Crippen LogP contribution in [0.4, 0.5) is 18.9 Å². The van der Waals surface area contributed by atoms with E-state index in [9.17, 15) is 26.4 Å². The van der Waals surface area contributed by atoms with Gasteiger partial charge in [-0.15, -0.1) is 0 Å². The molecule has 142 valence electrons. The average molecular weight is 406 g/mol. The Morgan fingerprint density at radius 2 is 1.92 bits per heavy atom. The largest absolute Gasteiger partial charge is 0.418 e. The molecule has 2 saturated heterocycles. The van der Waals surface area contributed by atoms with Crippen LogP contribution in [0.5, 0.6) is 0 Å². The van der Waals surface area contributed by atoms with Crippen molar-refractivity contribution in [3.05, 3.63) is 29.8 Å². The predicted molar refractivity (Wildman–Crippen MR) is 95.0 cm³/mol. The Balaban J connectivity index is 2.12. The molecule has 2 heterocycles. The van der Waals surface area contributed by atoms with Crippen molar-refractivity contribution in [1.82, 2.24) is 0 Å². The molecule has 0 radical (unpaired) electrons. The van der Waals surface area contributed by atoms with Gasteiger partial charge in [-0.2, -0.15) is 18.2 Å². The van der Waals surface area contributed by atoms with E-state index < -0.39 is 44.7 Å². The van der Waals surface area contributed by atoms with E-state index in [1.807, 2.05) is 0 Å². The Morgan fingerprint density at radius 1 is 1.27 bits per heavy atom. The molecule has 0 aromatic heterocycles. The zero-order valence-electron chi connectivity index (χ0n) is 14.0. The van der Waals surface area contributed by atoms with Crippen molar-refractivity contribution >= 4 is 38.4 Å². The topological polar surface area (TPSA) is 66.8 Å². The standard InChI is InChI=1S/C16H17F3N2O3S2/c1-9(2)14(22)20-15-21(12-7-26(23,24)8-13(12)25-15)11-6-4-3-5-10(11)16(17,18)19/h3-6,9,12-13H,7-8H2,1-2H3/t12-,13+/m0/s1. The first-order valence-corrected chi connectivity index (χ1v) is 10.6. The second-order valence-corrected chi connectivity index (χ2v) is 9.93. The number of amides is 1. The Morgan fingerprint density at radius 3 is 2.54 bits per heavy atom. The number of carbonyl (C=O) groups excluding carboxylic acids is 1. The Bertz CT molecular complexity index is 866. The van der Waals surface area contributed by atoms with Gasteiger partial charge in [0.05, 0.1) is 28.8 Å². The number of sulfone groups is 1. The SMILES string of the molecule is CC(C)C(=O)N=C1S[C@@H]2CS(=O)(=O)C[C@@H]2N1c1ccccc1C(F)(F)F. The van der Waals surface area contributed by atoms with Crippen LogP contribution in [0.2, 0.25) is 0 Å². The molecular formula is C16H17F3N2O3S2. The van der Waals surface area contributed by atoms with Crippen molar-refractivity contribution in [2.45, 2.75) is 31.3 Å². The molecule has 0 unspecified atom stereocenters. The molecule has 1 aromatic rings. The van der Waals surface area contributed by atoms with Gasteiger partial charge in [0, 0.05) is 11.2 Å². The molecule has 0 aliphatic carbocycles. The van der Waals surface area contributed by atoms with Gasteiger partial charge in [0.15, 0.2) is 15.0 Å². The van der Waals surface area contributed by atoms with Crippen LogP contribution in [0, 0.1) is 5.92 Å². The number of rotatable bonds is 2. The van der Waals surface area contributed by atoms with Crippen LogP contribution in [-0.4, -0.2) is 42.3 Å². The summed E-state index contributed by atoms with van der Waals surface area (Å²) in [6.45, 7) is 3.29. The maximum absolute atomic E-state index is 13.5. The van der Waals surface area contributed by atoms with E-state index in [2.05, 4.69) is 4.99 Å². The fourth-order valence-corrected chi connectivity index (χ4v) is 6.91. The molecule has 1 aromatic carbocycles. The number of hydrogen-bond acceptors (Lipinski definition) is 4. The summed E-state index contributed by atoms with van der Waals surface area (Å²) in [4.78, 5) is 17.3. The van der Waals surface area contributed by atoms with E-state index in [1.165, 1.54) is 23.1 Å². The van der Waals surface area contributed by atoms with Crippen molar-refractivity contribution < 1.29 is 26.4 Å². The number of carbonyl (C=O) groups is 1. The Kier molecular flexibility index (Phi) is 4.85. The van der Waals surface area contributed by atoms with Gasteiger partial charge in [-0.3, -0.25) is 4.79 Å². The molecule has 1 amide bonds. The summed E-state index contributed by atoms with van der Waals surface area (Å²) in [5, 5.41) is -0.315. The lowest BCUT2D eigenvalue weighted by Crippen LogP contribution is -2.39. The molecule has 26 heavy (non-hydrogen) atoms. The highest BCUT2D eigenvalue weighted by Crippen LogP contribution is 2.45. The first-order chi connectivity index (χ1) is 12.0. The number of fused-ring (bicyclic) bond motifs is 1. The van der Waals surface area contributed by atoms with E-state index in [4.69, 9.17) is 0 Å². The first kappa shape index (κ1) is 19.2. The van der Waals surface area contributed by atoms with E-state index >= 15 is 0 Å². The van der Waals surface area contributed by atoms with Gasteiger partial charge < -0.3 is 4.90 Å². The molecule has 10 heteroatoms. The summed E-state index contributed by atoms with van der Waals surface area (Å²) in [6, 6.07) is 4.28. The number of amidine groups is 1. The van der Waals surface area contributed by atoms with Crippen LogP contribution >= 0.6 is 11.8 Å². The number of nitrogens with zero attached hydrogens (tertiary/aromatic N) is 2. The van der Waals surface area contributed by atoms with Gasteiger partial charge in [-0.05, 0) is 12.1 Å². The summed E-state index contributed by atoms with van der Waals surface area (Å²) in [6.07, 6.45) is -4.61. The number of aliphatic imine (C=N–C) groups is 1. The quantitative estimate of drug-likeness (QED) is 0.756. The number of thioether (sulfide) groups is 1. The average Bonchev–Trinajstić information content (AvgIpc) is 2.97. The van der Waals surface area contributed by atoms with Crippen molar-refractivity contribution in [3.8, 4) is 0 Å². The van der Waals surface area contributed by atoms with Crippen LogP contribution in [0.1, 0.15) is 19.4 Å². The van der Waals surface area contributed by atoms with Crippen LogP contribution in [0.25, 0.3) is 0 Å². The fourth-order valence-electron chi connectivity index (χ4n) is 2.99. The number of para-hydroxylation sites is 1. The predicted octanol–water partition coefficient (Wildman–Crippen LogP) is 2.96. The van der Waals surface area contributed by atoms with E-state index in [-0.39, 0.29) is 22.4 Å². The normalized spacial score (nSPS) is 26.5. The van der Waals surface area contributed by atoms with E-state index in [0.29, 0.717) is 0 Å². The molecule has 2 aliphatic heterocycles. The summed E-state index contributed by atoms with van der Waals surface area (Å²) in [5.74, 6) is -1.26. The summed E-state index contributed by atoms with van der Waals surface area (Å²) >= 11 is 1.06. The lowest BCUT2D eigenvalue weighted by Gasteiger charge is -2.27. The minimum Gasteiger partial charge on any atom is -0.315 e.